The largest absolute Gasteiger partial charge is 0.455 e. The van der Waals surface area contributed by atoms with E-state index in [1.807, 2.05) is 24.3 Å². The van der Waals surface area contributed by atoms with E-state index in [0.29, 0.717) is 0 Å². The predicted molar refractivity (Wildman–Crippen MR) is 223 cm³/mol. The Hall–Kier alpha value is -6.63. The van der Waals surface area contributed by atoms with Gasteiger partial charge in [-0.3, -0.25) is 0 Å². The minimum Gasteiger partial charge on any atom is -0.455 e. The number of ether oxygens (including phenoxy) is 2. The second kappa shape index (κ2) is 12.5. The molecular formula is C48H30BN2O2S. The molecule has 3 aliphatic rings. The fraction of sp³-hybridized carbons (Fsp3) is 0. The maximum atomic E-state index is 6.65. The number of fused-ring (bicyclic) bond motifs is 6. The topological polar surface area (TPSA) is 33.7 Å². The fourth-order valence-electron chi connectivity index (χ4n) is 7.78. The quantitative estimate of drug-likeness (QED) is 0.180. The van der Waals surface area contributed by atoms with Crippen LogP contribution in [-0.2, 0) is 0 Å². The van der Waals surface area contributed by atoms with Gasteiger partial charge in [0.15, 0.2) is 18.8 Å². The van der Waals surface area contributed by atoms with Gasteiger partial charge in [0.05, 0.1) is 21.2 Å². The van der Waals surface area contributed by atoms with Gasteiger partial charge in [-0.1, -0.05) is 126 Å². The monoisotopic (exact) mass is 709 g/mol. The van der Waals surface area contributed by atoms with Crippen LogP contribution in [0.25, 0.3) is 33.4 Å². The third kappa shape index (κ3) is 5.18. The lowest BCUT2D eigenvalue weighted by atomic mass is 9.57. The highest BCUT2D eigenvalue weighted by Gasteiger charge is 2.35. The van der Waals surface area contributed by atoms with Crippen LogP contribution in [0.3, 0.4) is 0 Å². The molecule has 1 N–H and O–H groups in total. The van der Waals surface area contributed by atoms with Crippen molar-refractivity contribution in [3.8, 4) is 56.4 Å². The molecule has 0 saturated carbocycles. The van der Waals surface area contributed by atoms with E-state index in [0.717, 1.165) is 94.4 Å². The van der Waals surface area contributed by atoms with Gasteiger partial charge in [-0.15, -0.1) is 0 Å². The van der Waals surface area contributed by atoms with Gasteiger partial charge in [0.25, 0.3) is 0 Å². The van der Waals surface area contributed by atoms with E-state index in [2.05, 4.69) is 169 Å². The van der Waals surface area contributed by atoms with E-state index in [4.69, 9.17) is 9.47 Å². The van der Waals surface area contributed by atoms with E-state index in [1.165, 1.54) is 11.1 Å². The summed E-state index contributed by atoms with van der Waals surface area (Å²) in [6, 6.07) is 61.8. The van der Waals surface area contributed by atoms with E-state index in [1.54, 1.807) is 11.8 Å². The average molecular weight is 710 g/mol. The van der Waals surface area contributed by atoms with Crippen LogP contribution in [0.5, 0.6) is 23.0 Å². The van der Waals surface area contributed by atoms with Gasteiger partial charge in [-0.2, -0.15) is 0 Å². The first-order chi connectivity index (χ1) is 26.7. The highest BCUT2D eigenvalue weighted by molar-refractivity contribution is 7.99. The predicted octanol–water partition coefficient (Wildman–Crippen LogP) is 12.2. The van der Waals surface area contributed by atoms with Gasteiger partial charge in [-0.25, -0.2) is 0 Å². The number of nitrogens with zero attached hydrogens (tertiary/aromatic N) is 1. The standard InChI is InChI=1S/C48H30BN2O2S/c1-3-12-30(13-4-1)32-22-24-34(25-23-32)50-38-29-46-44(53-42-19-9-10-21-45(42)54-46)28-35(38)36-26-33(31-14-5-2-6-15-31)27-40-47(36)49-37-16-11-20-43-48(37)51(40)39-17-7-8-18-41(39)52-43/h1-29,50H. The smallest absolute Gasteiger partial charge is 0.198 e. The average Bonchev–Trinajstić information content (AvgIpc) is 3.23. The van der Waals surface area contributed by atoms with Crippen LogP contribution in [0.1, 0.15) is 0 Å². The third-order valence-corrected chi connectivity index (χ3v) is 11.4. The Morgan fingerprint density at radius 1 is 0.463 bits per heavy atom. The van der Waals surface area contributed by atoms with Crippen molar-refractivity contribution in [1.29, 1.82) is 0 Å². The molecule has 0 spiro atoms. The van der Waals surface area contributed by atoms with Crippen LogP contribution in [0, 0.1) is 0 Å². The number of hydrogen-bond donors (Lipinski definition) is 1. The first-order valence-electron chi connectivity index (χ1n) is 18.1. The van der Waals surface area contributed by atoms with E-state index in [9.17, 15) is 0 Å². The molecule has 0 atom stereocenters. The molecule has 4 nitrogen and oxygen atoms in total. The zero-order valence-corrected chi connectivity index (χ0v) is 29.8. The maximum absolute atomic E-state index is 6.65. The molecule has 54 heavy (non-hydrogen) atoms. The van der Waals surface area contributed by atoms with Crippen LogP contribution in [0.4, 0.5) is 28.4 Å². The van der Waals surface area contributed by atoms with Crippen LogP contribution >= 0.6 is 11.8 Å². The first kappa shape index (κ1) is 31.0. The van der Waals surface area contributed by atoms with Crippen molar-refractivity contribution in [2.75, 3.05) is 10.2 Å². The van der Waals surface area contributed by atoms with Crippen molar-refractivity contribution < 1.29 is 9.47 Å². The lowest BCUT2D eigenvalue weighted by Crippen LogP contribution is -2.42. The first-order valence-corrected chi connectivity index (χ1v) is 18.9. The number of benzene rings is 8. The van der Waals surface area contributed by atoms with Crippen LogP contribution in [-0.4, -0.2) is 7.28 Å². The Morgan fingerprint density at radius 3 is 1.94 bits per heavy atom. The Kier molecular flexibility index (Phi) is 7.17. The molecule has 0 aromatic heterocycles. The summed E-state index contributed by atoms with van der Waals surface area (Å²) in [5, 5.41) is 3.85. The van der Waals surface area contributed by atoms with Gasteiger partial charge in [0, 0.05) is 22.6 Å². The summed E-state index contributed by atoms with van der Waals surface area (Å²) in [5.41, 5.74) is 14.2. The molecule has 8 aromatic carbocycles. The molecule has 8 aromatic rings. The Morgan fingerprint density at radius 2 is 1.13 bits per heavy atom. The summed E-state index contributed by atoms with van der Waals surface area (Å²) in [7, 11) is 2.31. The molecule has 6 heteroatoms. The summed E-state index contributed by atoms with van der Waals surface area (Å²) in [4.78, 5) is 4.55. The number of nitrogens with one attached hydrogen (secondary N) is 1. The second-order valence-electron chi connectivity index (χ2n) is 13.6. The zero-order chi connectivity index (χ0) is 35.6. The van der Waals surface area contributed by atoms with Crippen molar-refractivity contribution in [2.24, 2.45) is 0 Å². The summed E-state index contributed by atoms with van der Waals surface area (Å²) in [6.45, 7) is 0. The lowest BCUT2D eigenvalue weighted by Gasteiger charge is -2.39. The molecule has 1 radical (unpaired) electrons. The molecule has 0 aliphatic carbocycles. The normalized spacial score (nSPS) is 12.8. The molecule has 0 amide bonds. The Labute approximate surface area is 318 Å². The molecule has 253 valence electrons. The van der Waals surface area contributed by atoms with Gasteiger partial charge in [0.2, 0.25) is 0 Å². The number of rotatable bonds is 5. The second-order valence-corrected chi connectivity index (χ2v) is 14.7. The third-order valence-electron chi connectivity index (χ3n) is 10.3. The van der Waals surface area contributed by atoms with Crippen molar-refractivity contribution in [2.45, 2.75) is 9.79 Å². The lowest BCUT2D eigenvalue weighted by molar-refractivity contribution is 0.455. The minimum atomic E-state index is 0.834. The van der Waals surface area contributed by atoms with E-state index in [-0.39, 0.29) is 0 Å². The summed E-state index contributed by atoms with van der Waals surface area (Å²) in [6.07, 6.45) is 0. The number of para-hydroxylation sites is 4. The molecular weight excluding hydrogens is 679 g/mol. The molecule has 0 fully saturated rings. The minimum absolute atomic E-state index is 0.834. The van der Waals surface area contributed by atoms with Crippen molar-refractivity contribution >= 4 is 58.4 Å². The van der Waals surface area contributed by atoms with Crippen molar-refractivity contribution in [3.05, 3.63) is 176 Å². The molecule has 0 unspecified atom stereocenters. The highest BCUT2D eigenvalue weighted by Crippen LogP contribution is 2.53. The SMILES string of the molecule is [B]1c2cccc3c2N(c2ccccc2O3)c2cc(-c3ccccc3)cc(-c3cc4c(cc3Nc3ccc(-c5ccccc5)cc3)Sc3ccccc3O4)c21. The molecule has 3 heterocycles. The fourth-order valence-corrected chi connectivity index (χ4v) is 8.75. The van der Waals surface area contributed by atoms with Crippen LogP contribution in [0.2, 0.25) is 0 Å². The summed E-state index contributed by atoms with van der Waals surface area (Å²) in [5.74, 6) is 3.39. The van der Waals surface area contributed by atoms with Crippen LogP contribution < -0.4 is 30.6 Å². The zero-order valence-electron chi connectivity index (χ0n) is 29.0. The van der Waals surface area contributed by atoms with E-state index < -0.39 is 0 Å². The molecule has 3 aliphatic heterocycles. The molecule has 11 rings (SSSR count). The summed E-state index contributed by atoms with van der Waals surface area (Å²) >= 11 is 1.74. The highest BCUT2D eigenvalue weighted by atomic mass is 32.2. The molecule has 0 saturated heterocycles. The number of anilines is 5. The van der Waals surface area contributed by atoms with E-state index >= 15 is 0 Å². The van der Waals surface area contributed by atoms with Crippen molar-refractivity contribution in [3.63, 3.8) is 0 Å². The molecule has 0 bridgehead atoms. The van der Waals surface area contributed by atoms with Crippen molar-refractivity contribution in [1.82, 2.24) is 0 Å². The Balaban J connectivity index is 1.13. The van der Waals surface area contributed by atoms with Gasteiger partial charge >= 0.3 is 0 Å². The van der Waals surface area contributed by atoms with Gasteiger partial charge < -0.3 is 19.7 Å². The maximum Gasteiger partial charge on any atom is 0.198 e. The van der Waals surface area contributed by atoms with Crippen LogP contribution in [0.15, 0.2) is 186 Å². The van der Waals surface area contributed by atoms with Gasteiger partial charge in [-0.05, 0) is 100 Å². The van der Waals surface area contributed by atoms with Gasteiger partial charge in [0.1, 0.15) is 11.5 Å². The summed E-state index contributed by atoms with van der Waals surface area (Å²) < 4.78 is 13.1. The Bertz CT molecular complexity index is 2750. The number of hydrogen-bond acceptors (Lipinski definition) is 5.